The fraction of sp³-hybridized carbons (Fsp3) is 0.474. The molecule has 0 unspecified atom stereocenters. The number of methoxy groups -OCH3 is 1. The third kappa shape index (κ3) is 2.66. The normalized spacial score (nSPS) is 18.4. The number of fused-ring (bicyclic) bond motifs is 1. The maximum Gasteiger partial charge on any atom is 0.498 e. The van der Waals surface area contributed by atoms with E-state index < -0.39 is 18.3 Å². The molecule has 27 heavy (non-hydrogen) atoms. The maximum absolute atomic E-state index is 6.19. The lowest BCUT2D eigenvalue weighted by Gasteiger charge is -2.32. The Morgan fingerprint density at radius 1 is 1.00 bits per heavy atom. The summed E-state index contributed by atoms with van der Waals surface area (Å²) in [6, 6.07) is 6.02. The van der Waals surface area contributed by atoms with Crippen LogP contribution in [0.15, 0.2) is 24.4 Å². The van der Waals surface area contributed by atoms with E-state index in [2.05, 4.69) is 5.10 Å². The molecule has 0 aromatic carbocycles. The van der Waals surface area contributed by atoms with E-state index in [-0.39, 0.29) is 0 Å². The van der Waals surface area contributed by atoms with E-state index in [0.717, 1.165) is 16.9 Å². The van der Waals surface area contributed by atoms with Crippen molar-refractivity contribution in [3.63, 3.8) is 0 Å². The van der Waals surface area contributed by atoms with E-state index >= 15 is 0 Å². The summed E-state index contributed by atoms with van der Waals surface area (Å²) < 4.78 is 21.8. The molecule has 0 N–H and O–H groups in total. The number of nitrogens with zero attached hydrogens (tertiary/aromatic N) is 4. The van der Waals surface area contributed by atoms with Gasteiger partial charge in [0.15, 0.2) is 11.4 Å². The molecular formula is C19H25BN4O3. The van der Waals surface area contributed by atoms with Crippen molar-refractivity contribution in [2.24, 2.45) is 0 Å². The Morgan fingerprint density at radius 2 is 1.59 bits per heavy atom. The van der Waals surface area contributed by atoms with Crippen LogP contribution < -0.4 is 10.2 Å². The van der Waals surface area contributed by atoms with Gasteiger partial charge in [-0.25, -0.2) is 4.52 Å². The molecule has 1 saturated heterocycles. The van der Waals surface area contributed by atoms with Crippen LogP contribution in [0.5, 0.6) is 5.75 Å². The lowest BCUT2D eigenvalue weighted by molar-refractivity contribution is 0.00578. The Morgan fingerprint density at radius 3 is 2.15 bits per heavy atom. The van der Waals surface area contributed by atoms with E-state index in [4.69, 9.17) is 19.0 Å². The molecule has 4 heterocycles. The number of hydrogen-bond acceptors (Lipinski definition) is 5. The van der Waals surface area contributed by atoms with E-state index in [1.807, 2.05) is 70.5 Å². The van der Waals surface area contributed by atoms with Crippen LogP contribution in [0.2, 0.25) is 0 Å². The second-order valence-electron chi connectivity index (χ2n) is 8.02. The van der Waals surface area contributed by atoms with Crippen molar-refractivity contribution in [1.82, 2.24) is 19.2 Å². The highest BCUT2D eigenvalue weighted by atomic mass is 16.7. The van der Waals surface area contributed by atoms with Gasteiger partial charge in [0.1, 0.15) is 0 Å². The van der Waals surface area contributed by atoms with Crippen molar-refractivity contribution in [3.8, 4) is 11.7 Å². The molecule has 142 valence electrons. The summed E-state index contributed by atoms with van der Waals surface area (Å²) in [4.78, 5) is 4.73. The topological polar surface area (TPSA) is 62.8 Å². The Hall–Kier alpha value is -2.32. The van der Waals surface area contributed by atoms with Crippen molar-refractivity contribution < 1.29 is 14.0 Å². The van der Waals surface area contributed by atoms with Gasteiger partial charge in [-0.2, -0.15) is 4.98 Å². The predicted molar refractivity (Wildman–Crippen MR) is 104 cm³/mol. The Labute approximate surface area is 159 Å². The third-order valence-corrected chi connectivity index (χ3v) is 5.66. The molecule has 7 nitrogen and oxygen atoms in total. The van der Waals surface area contributed by atoms with Crippen LogP contribution in [0.4, 0.5) is 0 Å². The van der Waals surface area contributed by atoms with Gasteiger partial charge in [-0.15, -0.1) is 5.10 Å². The summed E-state index contributed by atoms with van der Waals surface area (Å²) in [5.41, 5.74) is 2.75. The van der Waals surface area contributed by atoms with Crippen molar-refractivity contribution >= 4 is 18.2 Å². The minimum atomic E-state index is -0.523. The molecule has 3 aromatic rings. The summed E-state index contributed by atoms with van der Waals surface area (Å²) in [6.07, 6.45) is 1.86. The molecule has 0 amide bonds. The first-order valence-electron chi connectivity index (χ1n) is 9.09. The Bertz CT molecular complexity index is 986. The highest BCUT2D eigenvalue weighted by Gasteiger charge is 2.52. The van der Waals surface area contributed by atoms with Crippen LogP contribution in [-0.4, -0.2) is 44.6 Å². The van der Waals surface area contributed by atoms with Gasteiger partial charge < -0.3 is 14.0 Å². The molecular weight excluding hydrogens is 343 g/mol. The average molecular weight is 368 g/mol. The van der Waals surface area contributed by atoms with Gasteiger partial charge in [0.25, 0.3) is 5.95 Å². The monoisotopic (exact) mass is 368 g/mol. The lowest BCUT2D eigenvalue weighted by atomic mass is 9.79. The van der Waals surface area contributed by atoms with Crippen LogP contribution in [-0.2, 0) is 9.31 Å². The quantitative estimate of drug-likeness (QED) is 0.665. The number of hydrogen-bond donors (Lipinski definition) is 0. The maximum atomic E-state index is 6.19. The standard InChI is InChI=1S/C19H25BN4O3/c1-12-8-9-13(2)24(12)17-21-16-15(25-7)14(10-11-23(16)22-17)20-26-18(3,4)19(5,6)27-20/h8-11H,1-7H3. The fourth-order valence-corrected chi connectivity index (χ4v) is 3.37. The van der Waals surface area contributed by atoms with Gasteiger partial charge in [0.2, 0.25) is 0 Å². The minimum Gasteiger partial charge on any atom is -0.493 e. The highest BCUT2D eigenvalue weighted by Crippen LogP contribution is 2.37. The molecule has 0 spiro atoms. The number of aryl methyl sites for hydroxylation is 2. The van der Waals surface area contributed by atoms with Gasteiger partial charge in [0, 0.05) is 23.0 Å². The fourth-order valence-electron chi connectivity index (χ4n) is 3.37. The van der Waals surface area contributed by atoms with Gasteiger partial charge in [0.05, 0.1) is 18.3 Å². The zero-order valence-electron chi connectivity index (χ0n) is 16.9. The number of pyridine rings is 1. The van der Waals surface area contributed by atoms with E-state index in [1.54, 1.807) is 11.6 Å². The SMILES string of the molecule is COc1c(B2OC(C)(C)C(C)(C)O2)ccn2nc(-n3c(C)ccc3C)nc12. The van der Waals surface area contributed by atoms with Crippen LogP contribution in [0, 0.1) is 13.8 Å². The summed E-state index contributed by atoms with van der Waals surface area (Å²) in [5, 5.41) is 4.62. The highest BCUT2D eigenvalue weighted by molar-refractivity contribution is 6.63. The first kappa shape index (κ1) is 18.1. The summed E-state index contributed by atoms with van der Waals surface area (Å²) >= 11 is 0. The van der Waals surface area contributed by atoms with Gasteiger partial charge in [-0.05, 0) is 59.7 Å². The zero-order valence-corrected chi connectivity index (χ0v) is 16.9. The molecule has 0 bridgehead atoms. The van der Waals surface area contributed by atoms with Crippen molar-refractivity contribution in [3.05, 3.63) is 35.8 Å². The average Bonchev–Trinajstić information content (AvgIpc) is 3.20. The molecule has 0 saturated carbocycles. The number of rotatable bonds is 3. The van der Waals surface area contributed by atoms with Crippen LogP contribution in [0.3, 0.4) is 0 Å². The molecule has 0 atom stereocenters. The first-order valence-corrected chi connectivity index (χ1v) is 9.09. The minimum absolute atomic E-state index is 0.424. The van der Waals surface area contributed by atoms with Gasteiger partial charge >= 0.3 is 7.12 Å². The third-order valence-electron chi connectivity index (χ3n) is 5.66. The van der Waals surface area contributed by atoms with Crippen molar-refractivity contribution in [2.75, 3.05) is 7.11 Å². The molecule has 3 aromatic heterocycles. The molecule has 1 aliphatic heterocycles. The molecule has 1 aliphatic rings. The molecule has 1 fully saturated rings. The van der Waals surface area contributed by atoms with Crippen LogP contribution in [0.1, 0.15) is 39.1 Å². The molecule has 0 aliphatic carbocycles. The van der Waals surface area contributed by atoms with Crippen molar-refractivity contribution in [1.29, 1.82) is 0 Å². The summed E-state index contributed by atoms with van der Waals surface area (Å²) in [7, 11) is 1.11. The van der Waals surface area contributed by atoms with Gasteiger partial charge in [-0.1, -0.05) is 0 Å². The van der Waals surface area contributed by atoms with E-state index in [1.165, 1.54) is 0 Å². The lowest BCUT2D eigenvalue weighted by Crippen LogP contribution is -2.41. The molecule has 4 rings (SSSR count). The predicted octanol–water partition coefficient (Wildman–Crippen LogP) is 2.44. The number of ether oxygens (including phenoxy) is 1. The summed E-state index contributed by atoms with van der Waals surface area (Å²) in [5.74, 6) is 1.22. The van der Waals surface area contributed by atoms with Gasteiger partial charge in [-0.3, -0.25) is 4.57 Å². The second-order valence-corrected chi connectivity index (χ2v) is 8.02. The Balaban J connectivity index is 1.83. The second kappa shape index (κ2) is 5.84. The van der Waals surface area contributed by atoms with Crippen molar-refractivity contribution in [2.45, 2.75) is 52.7 Å². The van der Waals surface area contributed by atoms with Crippen LogP contribution >= 0.6 is 0 Å². The molecule has 8 heteroatoms. The number of aromatic nitrogens is 4. The molecule has 0 radical (unpaired) electrons. The smallest absolute Gasteiger partial charge is 0.493 e. The summed E-state index contributed by atoms with van der Waals surface area (Å²) in [6.45, 7) is 12.2. The van der Waals surface area contributed by atoms with Crippen LogP contribution in [0.25, 0.3) is 11.6 Å². The van der Waals surface area contributed by atoms with E-state index in [0.29, 0.717) is 17.3 Å². The van der Waals surface area contributed by atoms with E-state index in [9.17, 15) is 0 Å². The largest absolute Gasteiger partial charge is 0.498 e. The zero-order chi connectivity index (χ0) is 19.6. The first-order chi connectivity index (χ1) is 12.6. The Kier molecular flexibility index (Phi) is 3.91.